The van der Waals surface area contributed by atoms with Crippen LogP contribution in [0.4, 0.5) is 0 Å². The minimum Gasteiger partial charge on any atom is -0.313 e. The maximum absolute atomic E-state index is 6.52. The molecule has 0 radical (unpaired) electrons. The molecule has 3 nitrogen and oxygen atoms in total. The number of likely N-dealkylation sites (N-methyl/N-ethyl adjacent to an activating group) is 1. The smallest absolute Gasteiger partial charge is 0.0850 e. The van der Waals surface area contributed by atoms with Gasteiger partial charge in [0.15, 0.2) is 0 Å². The maximum atomic E-state index is 6.52. The summed E-state index contributed by atoms with van der Waals surface area (Å²) < 4.78 is 2.07. The number of halogens is 1. The van der Waals surface area contributed by atoms with Gasteiger partial charge in [0.1, 0.15) is 0 Å². The van der Waals surface area contributed by atoms with E-state index < -0.39 is 0 Å². The highest BCUT2D eigenvalue weighted by Crippen LogP contribution is 2.24. The Balaban J connectivity index is 2.80. The molecule has 0 fully saturated rings. The second-order valence-electron chi connectivity index (χ2n) is 5.39. The lowest BCUT2D eigenvalue weighted by Crippen LogP contribution is -2.34. The van der Waals surface area contributed by atoms with Crippen LogP contribution in [0.5, 0.6) is 0 Å². The highest BCUT2D eigenvalue weighted by Gasteiger charge is 2.19. The van der Waals surface area contributed by atoms with Gasteiger partial charge in [0.05, 0.1) is 16.4 Å². The molecule has 0 spiro atoms. The number of rotatable bonds is 10. The van der Waals surface area contributed by atoms with Crippen molar-refractivity contribution in [2.75, 3.05) is 12.3 Å². The first-order valence-electron chi connectivity index (χ1n) is 8.16. The van der Waals surface area contributed by atoms with E-state index in [0.29, 0.717) is 11.3 Å². The van der Waals surface area contributed by atoms with Crippen molar-refractivity contribution in [2.45, 2.75) is 71.7 Å². The Labute approximate surface area is 139 Å². The molecule has 0 aromatic carbocycles. The Morgan fingerprint density at radius 3 is 2.52 bits per heavy atom. The van der Waals surface area contributed by atoms with Gasteiger partial charge in [0.2, 0.25) is 0 Å². The molecule has 0 aliphatic heterocycles. The zero-order valence-electron chi connectivity index (χ0n) is 14.1. The average Bonchev–Trinajstić information content (AvgIpc) is 2.80. The molecule has 21 heavy (non-hydrogen) atoms. The van der Waals surface area contributed by atoms with Crippen molar-refractivity contribution in [1.82, 2.24) is 15.1 Å². The fourth-order valence-corrected chi connectivity index (χ4v) is 3.70. The fourth-order valence-electron chi connectivity index (χ4n) is 2.32. The summed E-state index contributed by atoms with van der Waals surface area (Å²) in [6.07, 6.45) is 3.07. The molecule has 5 heteroatoms. The first kappa shape index (κ1) is 18.9. The van der Waals surface area contributed by atoms with Crippen molar-refractivity contribution >= 4 is 23.4 Å². The van der Waals surface area contributed by atoms with Crippen LogP contribution in [0.3, 0.4) is 0 Å². The lowest BCUT2D eigenvalue weighted by atomic mass is 10.1. The topological polar surface area (TPSA) is 29.9 Å². The SMILES string of the molecule is CCNC(CSC(C)CC)Cc1c(Cl)c(CC)nn1CC. The van der Waals surface area contributed by atoms with Gasteiger partial charge in [-0.2, -0.15) is 16.9 Å². The van der Waals surface area contributed by atoms with Crippen LogP contribution in [0.2, 0.25) is 5.02 Å². The highest BCUT2D eigenvalue weighted by molar-refractivity contribution is 7.99. The minimum atomic E-state index is 0.457. The molecular formula is C16H30ClN3S. The number of nitrogens with one attached hydrogen (secondary N) is 1. The van der Waals surface area contributed by atoms with Gasteiger partial charge in [0.25, 0.3) is 0 Å². The summed E-state index contributed by atoms with van der Waals surface area (Å²) >= 11 is 8.57. The quantitative estimate of drug-likeness (QED) is 0.697. The third-order valence-electron chi connectivity index (χ3n) is 3.78. The summed E-state index contributed by atoms with van der Waals surface area (Å²) in [4.78, 5) is 0. The summed E-state index contributed by atoms with van der Waals surface area (Å²) in [5, 5.41) is 9.80. The van der Waals surface area contributed by atoms with Gasteiger partial charge in [-0.05, 0) is 26.3 Å². The first-order valence-corrected chi connectivity index (χ1v) is 9.58. The fraction of sp³-hybridized carbons (Fsp3) is 0.812. The number of hydrogen-bond donors (Lipinski definition) is 1. The van der Waals surface area contributed by atoms with Crippen LogP contribution in [0.15, 0.2) is 0 Å². The molecule has 0 aliphatic rings. The van der Waals surface area contributed by atoms with Crippen LogP contribution < -0.4 is 5.32 Å². The molecule has 1 aromatic heterocycles. The number of nitrogens with zero attached hydrogens (tertiary/aromatic N) is 2. The number of aryl methyl sites for hydroxylation is 2. The van der Waals surface area contributed by atoms with E-state index in [1.807, 2.05) is 11.8 Å². The zero-order valence-corrected chi connectivity index (χ0v) is 15.7. The summed E-state index contributed by atoms with van der Waals surface area (Å²) in [6, 6.07) is 0.457. The molecule has 122 valence electrons. The standard InChI is InChI=1S/C16H30ClN3S/c1-6-12(5)21-11-13(18-8-3)10-15-16(17)14(7-2)19-20(15)9-4/h12-13,18H,6-11H2,1-5H3. The minimum absolute atomic E-state index is 0.457. The van der Waals surface area contributed by atoms with Crippen LogP contribution in [-0.2, 0) is 19.4 Å². The van der Waals surface area contributed by atoms with Crippen molar-refractivity contribution in [3.8, 4) is 0 Å². The molecule has 0 aliphatic carbocycles. The van der Waals surface area contributed by atoms with Crippen molar-refractivity contribution < 1.29 is 0 Å². The molecule has 0 amide bonds. The van der Waals surface area contributed by atoms with E-state index in [1.54, 1.807) is 0 Å². The summed E-state index contributed by atoms with van der Waals surface area (Å²) in [6.45, 7) is 12.8. The molecule has 1 aromatic rings. The Kier molecular flexibility index (Phi) is 8.76. The summed E-state index contributed by atoms with van der Waals surface area (Å²) in [5.74, 6) is 1.12. The lowest BCUT2D eigenvalue weighted by molar-refractivity contribution is 0.532. The van der Waals surface area contributed by atoms with Crippen molar-refractivity contribution in [2.24, 2.45) is 0 Å². The third kappa shape index (κ3) is 5.50. The molecule has 2 atom stereocenters. The molecule has 1 heterocycles. The molecule has 1 N–H and O–H groups in total. The molecular weight excluding hydrogens is 302 g/mol. The summed E-state index contributed by atoms with van der Waals surface area (Å²) in [7, 11) is 0. The van der Waals surface area contributed by atoms with Crippen LogP contribution in [0.25, 0.3) is 0 Å². The highest BCUT2D eigenvalue weighted by atomic mass is 35.5. The number of hydrogen-bond acceptors (Lipinski definition) is 3. The lowest BCUT2D eigenvalue weighted by Gasteiger charge is -2.20. The predicted molar refractivity (Wildman–Crippen MR) is 95.7 cm³/mol. The zero-order chi connectivity index (χ0) is 15.8. The van der Waals surface area contributed by atoms with Crippen LogP contribution in [0.1, 0.15) is 52.4 Å². The summed E-state index contributed by atoms with van der Waals surface area (Å²) in [5.41, 5.74) is 2.21. The van der Waals surface area contributed by atoms with E-state index in [0.717, 1.165) is 42.4 Å². The van der Waals surface area contributed by atoms with Gasteiger partial charge in [-0.15, -0.1) is 0 Å². The molecule has 0 saturated carbocycles. The van der Waals surface area contributed by atoms with E-state index in [4.69, 9.17) is 11.6 Å². The van der Waals surface area contributed by atoms with Gasteiger partial charge >= 0.3 is 0 Å². The van der Waals surface area contributed by atoms with Crippen LogP contribution >= 0.6 is 23.4 Å². The van der Waals surface area contributed by atoms with Gasteiger partial charge in [0, 0.05) is 30.0 Å². The Bertz CT molecular complexity index is 420. The van der Waals surface area contributed by atoms with Gasteiger partial charge in [-0.3, -0.25) is 4.68 Å². The van der Waals surface area contributed by atoms with Crippen molar-refractivity contribution in [3.63, 3.8) is 0 Å². The maximum Gasteiger partial charge on any atom is 0.0850 e. The van der Waals surface area contributed by atoms with E-state index in [-0.39, 0.29) is 0 Å². The van der Waals surface area contributed by atoms with Crippen LogP contribution in [0, 0.1) is 0 Å². The average molecular weight is 332 g/mol. The van der Waals surface area contributed by atoms with E-state index in [1.165, 1.54) is 12.1 Å². The van der Waals surface area contributed by atoms with Crippen molar-refractivity contribution in [1.29, 1.82) is 0 Å². The molecule has 2 unspecified atom stereocenters. The Hall–Kier alpha value is -0.190. The molecule has 0 bridgehead atoms. The first-order chi connectivity index (χ1) is 10.1. The van der Waals surface area contributed by atoms with E-state index >= 15 is 0 Å². The van der Waals surface area contributed by atoms with Crippen molar-refractivity contribution in [3.05, 3.63) is 16.4 Å². The predicted octanol–water partition coefficient (Wildman–Crippen LogP) is 4.17. The monoisotopic (exact) mass is 331 g/mol. The Morgan fingerprint density at radius 1 is 1.29 bits per heavy atom. The number of aromatic nitrogens is 2. The van der Waals surface area contributed by atoms with E-state index in [2.05, 4.69) is 49.7 Å². The van der Waals surface area contributed by atoms with E-state index in [9.17, 15) is 0 Å². The second-order valence-corrected chi connectivity index (χ2v) is 7.24. The van der Waals surface area contributed by atoms with Crippen LogP contribution in [-0.4, -0.2) is 33.4 Å². The molecule has 1 rings (SSSR count). The third-order valence-corrected chi connectivity index (χ3v) is 5.72. The normalized spacial score (nSPS) is 14.4. The largest absolute Gasteiger partial charge is 0.313 e. The van der Waals surface area contributed by atoms with Gasteiger partial charge < -0.3 is 5.32 Å². The van der Waals surface area contributed by atoms with Gasteiger partial charge in [-0.1, -0.05) is 39.3 Å². The molecule has 0 saturated heterocycles. The number of thioether (sulfide) groups is 1. The van der Waals surface area contributed by atoms with Gasteiger partial charge in [-0.25, -0.2) is 0 Å². The Morgan fingerprint density at radius 2 is 2.00 bits per heavy atom. The second kappa shape index (κ2) is 9.75.